The van der Waals surface area contributed by atoms with Gasteiger partial charge in [0.2, 0.25) is 0 Å². The van der Waals surface area contributed by atoms with E-state index in [1.807, 2.05) is 0 Å². The summed E-state index contributed by atoms with van der Waals surface area (Å²) in [4.78, 5) is 4.74. The Morgan fingerprint density at radius 1 is 1.38 bits per heavy atom. The van der Waals surface area contributed by atoms with Crippen molar-refractivity contribution in [3.05, 3.63) is 12.2 Å². The van der Waals surface area contributed by atoms with Crippen LogP contribution in [0, 0.1) is 0 Å². The molecule has 1 aliphatic rings. The van der Waals surface area contributed by atoms with E-state index >= 15 is 0 Å². The Hall–Kier alpha value is -1.24. The lowest BCUT2D eigenvalue weighted by Gasteiger charge is -2.30. The van der Waals surface area contributed by atoms with Gasteiger partial charge in [0.1, 0.15) is 12.2 Å². The van der Waals surface area contributed by atoms with Gasteiger partial charge in [0.25, 0.3) is 0 Å². The van der Waals surface area contributed by atoms with Crippen LogP contribution in [0.1, 0.15) is 52.3 Å². The summed E-state index contributed by atoms with van der Waals surface area (Å²) in [6, 6.07) is 0.543. The summed E-state index contributed by atoms with van der Waals surface area (Å²) in [6.07, 6.45) is 7.86. The Morgan fingerprint density at radius 2 is 2.25 bits per heavy atom. The van der Waals surface area contributed by atoms with Crippen LogP contribution < -0.4 is 10.6 Å². The van der Waals surface area contributed by atoms with Gasteiger partial charge in [0.15, 0.2) is 5.96 Å². The molecule has 0 bridgehead atoms. The number of hydrogen-bond donors (Lipinski definition) is 2. The molecule has 7 heteroatoms. The van der Waals surface area contributed by atoms with Gasteiger partial charge in [-0.2, -0.15) is 11.8 Å². The van der Waals surface area contributed by atoms with Gasteiger partial charge in [0.05, 0.1) is 6.54 Å². The largest absolute Gasteiger partial charge is 0.357 e. The Kier molecular flexibility index (Phi) is 8.42. The highest BCUT2D eigenvalue weighted by molar-refractivity contribution is 7.99. The molecule has 24 heavy (non-hydrogen) atoms. The number of nitrogens with one attached hydrogen (secondary N) is 2. The number of rotatable bonds is 8. The fraction of sp³-hybridized carbons (Fsp3) is 0.824. The Balaban J connectivity index is 1.86. The molecule has 2 unspecified atom stereocenters. The average molecular weight is 353 g/mol. The van der Waals surface area contributed by atoms with Crippen molar-refractivity contribution in [2.75, 3.05) is 18.8 Å². The molecular weight excluding hydrogens is 320 g/mol. The number of hydrogen-bond acceptors (Lipinski definition) is 4. The van der Waals surface area contributed by atoms with Crippen LogP contribution in [0.25, 0.3) is 0 Å². The molecule has 1 aromatic heterocycles. The molecule has 2 rings (SSSR count). The first kappa shape index (κ1) is 19.1. The molecule has 1 aromatic rings. The third-order valence-corrected chi connectivity index (χ3v) is 5.57. The molecule has 0 amide bonds. The second kappa shape index (κ2) is 10.6. The van der Waals surface area contributed by atoms with Crippen molar-refractivity contribution in [1.82, 2.24) is 25.4 Å². The number of nitrogens with zero attached hydrogens (tertiary/aromatic N) is 4. The molecule has 136 valence electrons. The summed E-state index contributed by atoms with van der Waals surface area (Å²) >= 11 is 2.10. The number of thioether (sulfide) groups is 1. The lowest BCUT2D eigenvalue weighted by Crippen LogP contribution is -2.45. The van der Waals surface area contributed by atoms with Crippen LogP contribution in [-0.2, 0) is 13.0 Å². The summed E-state index contributed by atoms with van der Waals surface area (Å²) in [5, 5.41) is 15.9. The van der Waals surface area contributed by atoms with E-state index < -0.39 is 0 Å². The molecule has 0 saturated heterocycles. The fourth-order valence-electron chi connectivity index (χ4n) is 3.19. The van der Waals surface area contributed by atoms with E-state index in [0.29, 0.717) is 6.04 Å². The highest BCUT2D eigenvalue weighted by Gasteiger charge is 2.22. The zero-order valence-electron chi connectivity index (χ0n) is 15.3. The minimum absolute atomic E-state index is 0.543. The molecule has 6 nitrogen and oxygen atoms in total. The maximum atomic E-state index is 4.74. The smallest absolute Gasteiger partial charge is 0.191 e. The number of guanidine groups is 1. The van der Waals surface area contributed by atoms with Gasteiger partial charge < -0.3 is 15.2 Å². The number of aliphatic imine (C=N–C) groups is 1. The van der Waals surface area contributed by atoms with Gasteiger partial charge >= 0.3 is 0 Å². The fourth-order valence-corrected chi connectivity index (χ4v) is 4.36. The van der Waals surface area contributed by atoms with Crippen LogP contribution >= 0.6 is 11.8 Å². The summed E-state index contributed by atoms with van der Waals surface area (Å²) in [5.74, 6) is 3.18. The van der Waals surface area contributed by atoms with Gasteiger partial charge in [-0.25, -0.2) is 0 Å². The van der Waals surface area contributed by atoms with Crippen molar-refractivity contribution in [3.63, 3.8) is 0 Å². The Labute approximate surface area is 150 Å². The zero-order chi connectivity index (χ0) is 17.2. The summed E-state index contributed by atoms with van der Waals surface area (Å²) in [6.45, 7) is 8.92. The van der Waals surface area contributed by atoms with Crippen molar-refractivity contribution in [2.45, 2.75) is 70.7 Å². The first-order valence-electron chi connectivity index (χ1n) is 9.29. The first-order valence-corrected chi connectivity index (χ1v) is 10.3. The van der Waals surface area contributed by atoms with Gasteiger partial charge in [-0.1, -0.05) is 20.3 Å². The first-order chi connectivity index (χ1) is 11.8. The van der Waals surface area contributed by atoms with Crippen LogP contribution in [0.2, 0.25) is 0 Å². The van der Waals surface area contributed by atoms with Crippen molar-refractivity contribution in [1.29, 1.82) is 0 Å². The van der Waals surface area contributed by atoms with Gasteiger partial charge in [-0.15, -0.1) is 10.2 Å². The van der Waals surface area contributed by atoms with E-state index in [0.717, 1.165) is 43.1 Å². The molecule has 2 N–H and O–H groups in total. The standard InChI is InChI=1S/C17H32N6S/c1-4-16-22-20-13-23(16)11-10-19-17(18-5-2)21-14-8-7-9-15(12-14)24-6-3/h13-15H,4-12H2,1-3H3,(H2,18,19,21). The summed E-state index contributed by atoms with van der Waals surface area (Å²) in [7, 11) is 0. The second-order valence-electron chi connectivity index (χ2n) is 6.14. The number of aryl methyl sites for hydroxylation is 1. The lowest BCUT2D eigenvalue weighted by molar-refractivity contribution is 0.418. The van der Waals surface area contributed by atoms with Crippen LogP contribution in [0.15, 0.2) is 11.3 Å². The van der Waals surface area contributed by atoms with Crippen LogP contribution in [0.4, 0.5) is 0 Å². The quantitative estimate of drug-likeness (QED) is 0.556. The monoisotopic (exact) mass is 352 g/mol. The molecule has 2 atom stereocenters. The van der Waals surface area contributed by atoms with Crippen LogP contribution in [0.3, 0.4) is 0 Å². The van der Waals surface area contributed by atoms with E-state index in [4.69, 9.17) is 4.99 Å². The summed E-state index contributed by atoms with van der Waals surface area (Å²) < 4.78 is 2.08. The zero-order valence-corrected chi connectivity index (χ0v) is 16.1. The van der Waals surface area contributed by atoms with E-state index in [2.05, 4.69) is 57.9 Å². The summed E-state index contributed by atoms with van der Waals surface area (Å²) in [5.41, 5.74) is 0. The molecule has 1 heterocycles. The highest BCUT2D eigenvalue weighted by atomic mass is 32.2. The predicted molar refractivity (Wildman–Crippen MR) is 103 cm³/mol. The highest BCUT2D eigenvalue weighted by Crippen LogP contribution is 2.28. The third-order valence-electron chi connectivity index (χ3n) is 4.34. The van der Waals surface area contributed by atoms with Crippen LogP contribution in [-0.4, -0.2) is 50.9 Å². The normalized spacial score (nSPS) is 21.7. The van der Waals surface area contributed by atoms with Crippen molar-refractivity contribution < 1.29 is 0 Å². The maximum Gasteiger partial charge on any atom is 0.191 e. The SMILES string of the molecule is CCNC(=NCCn1cnnc1CC)NC1CCCC(SCC)C1. The average Bonchev–Trinajstić information content (AvgIpc) is 3.03. The second-order valence-corrected chi connectivity index (χ2v) is 7.72. The topological polar surface area (TPSA) is 67.1 Å². The molecular formula is C17H32N6S. The van der Waals surface area contributed by atoms with Gasteiger partial charge in [-0.05, 0) is 31.9 Å². The van der Waals surface area contributed by atoms with E-state index in [-0.39, 0.29) is 0 Å². The maximum absolute atomic E-state index is 4.74. The van der Waals surface area contributed by atoms with E-state index in [1.54, 1.807) is 6.33 Å². The lowest BCUT2D eigenvalue weighted by atomic mass is 9.95. The predicted octanol–water partition coefficient (Wildman–Crippen LogP) is 2.46. The van der Waals surface area contributed by atoms with E-state index in [9.17, 15) is 0 Å². The molecule has 0 radical (unpaired) electrons. The van der Waals surface area contributed by atoms with E-state index in [1.165, 1.54) is 31.4 Å². The molecule has 0 aromatic carbocycles. The molecule has 1 aliphatic carbocycles. The Morgan fingerprint density at radius 3 is 3.00 bits per heavy atom. The van der Waals surface area contributed by atoms with Crippen molar-refractivity contribution in [2.24, 2.45) is 4.99 Å². The minimum Gasteiger partial charge on any atom is -0.357 e. The molecule has 0 spiro atoms. The minimum atomic E-state index is 0.543. The third kappa shape index (κ3) is 6.00. The van der Waals surface area contributed by atoms with Gasteiger partial charge in [0, 0.05) is 30.8 Å². The Bertz CT molecular complexity index is 499. The molecule has 1 fully saturated rings. The van der Waals surface area contributed by atoms with Crippen molar-refractivity contribution in [3.8, 4) is 0 Å². The molecule has 0 aliphatic heterocycles. The van der Waals surface area contributed by atoms with Crippen molar-refractivity contribution >= 4 is 17.7 Å². The van der Waals surface area contributed by atoms with Gasteiger partial charge in [-0.3, -0.25) is 4.99 Å². The molecule has 1 saturated carbocycles. The van der Waals surface area contributed by atoms with Crippen LogP contribution in [0.5, 0.6) is 0 Å². The number of aromatic nitrogens is 3.